The summed E-state index contributed by atoms with van der Waals surface area (Å²) < 4.78 is 0. The maximum atomic E-state index is 4.22. The Morgan fingerprint density at radius 3 is 3.18 bits per heavy atom. The molecule has 0 atom stereocenters. The molecule has 0 aromatic carbocycles. The monoisotopic (exact) mass is 144 g/mol. The van der Waals surface area contributed by atoms with Crippen LogP contribution in [0.5, 0.6) is 0 Å². The first kappa shape index (κ1) is 6.22. The second kappa shape index (κ2) is 2.27. The second-order valence-electron chi connectivity index (χ2n) is 2.29. The molecule has 2 rings (SSSR count). The Morgan fingerprint density at radius 1 is 1.36 bits per heavy atom. The van der Waals surface area contributed by atoms with E-state index < -0.39 is 0 Å². The number of aryl methyl sites for hydroxylation is 1. The molecule has 1 radical (unpaired) electrons. The average molecular weight is 144 g/mol. The highest BCUT2D eigenvalue weighted by atomic mass is 14.8. The molecule has 11 heavy (non-hydrogen) atoms. The molecule has 53 valence electrons. The molecule has 2 heterocycles. The van der Waals surface area contributed by atoms with Crippen molar-refractivity contribution in [2.45, 2.75) is 6.92 Å². The first-order valence-electron chi connectivity index (χ1n) is 3.32. The van der Waals surface area contributed by atoms with Gasteiger partial charge in [0.15, 0.2) is 0 Å². The highest BCUT2D eigenvalue weighted by molar-refractivity contribution is 5.72. The van der Waals surface area contributed by atoms with Gasteiger partial charge in [-0.15, -0.1) is 0 Å². The molecule has 0 amide bonds. The van der Waals surface area contributed by atoms with Crippen molar-refractivity contribution in [2.75, 3.05) is 0 Å². The summed E-state index contributed by atoms with van der Waals surface area (Å²) in [6.07, 6.45) is 6.16. The highest BCUT2D eigenvalue weighted by Crippen LogP contribution is 2.04. The standard InChI is InChI=1S/C8H6N3/c1-6-4-10-8-5-9-3-2-7(8)11-6/h2-3,5H,1H3. The van der Waals surface area contributed by atoms with E-state index >= 15 is 0 Å². The van der Waals surface area contributed by atoms with Gasteiger partial charge in [-0.25, -0.2) is 9.97 Å². The van der Waals surface area contributed by atoms with Crippen LogP contribution in [0.4, 0.5) is 0 Å². The van der Waals surface area contributed by atoms with Crippen LogP contribution < -0.4 is 0 Å². The summed E-state index contributed by atoms with van der Waals surface area (Å²) >= 11 is 0. The number of nitrogens with zero attached hydrogens (tertiary/aromatic N) is 3. The van der Waals surface area contributed by atoms with Gasteiger partial charge in [0.05, 0.1) is 17.4 Å². The van der Waals surface area contributed by atoms with E-state index in [4.69, 9.17) is 0 Å². The van der Waals surface area contributed by atoms with Crippen LogP contribution in [0.15, 0.2) is 18.5 Å². The van der Waals surface area contributed by atoms with Crippen LogP contribution in [0, 0.1) is 13.1 Å². The quantitative estimate of drug-likeness (QED) is 0.556. The van der Waals surface area contributed by atoms with E-state index in [9.17, 15) is 0 Å². The van der Waals surface area contributed by atoms with E-state index in [2.05, 4.69) is 21.1 Å². The smallest absolute Gasteiger partial charge is 0.113 e. The maximum Gasteiger partial charge on any atom is 0.113 e. The fraction of sp³-hybridized carbons (Fsp3) is 0.125. The van der Waals surface area contributed by atoms with E-state index in [1.54, 1.807) is 12.4 Å². The van der Waals surface area contributed by atoms with E-state index in [-0.39, 0.29) is 0 Å². The second-order valence-corrected chi connectivity index (χ2v) is 2.29. The maximum absolute atomic E-state index is 4.22. The molecule has 0 spiro atoms. The average Bonchev–Trinajstić information content (AvgIpc) is 2.04. The lowest BCUT2D eigenvalue weighted by Gasteiger charge is -1.93. The number of fused-ring (bicyclic) bond motifs is 1. The van der Waals surface area contributed by atoms with Gasteiger partial charge in [0, 0.05) is 6.20 Å². The fourth-order valence-corrected chi connectivity index (χ4v) is 0.906. The number of hydrogen-bond donors (Lipinski definition) is 0. The molecule has 0 N–H and O–H groups in total. The molecule has 0 aliphatic heterocycles. The van der Waals surface area contributed by atoms with Gasteiger partial charge in [-0.2, -0.15) is 0 Å². The Hall–Kier alpha value is -1.51. The van der Waals surface area contributed by atoms with Crippen LogP contribution in [0.2, 0.25) is 0 Å². The predicted molar refractivity (Wildman–Crippen MR) is 40.9 cm³/mol. The first-order chi connectivity index (χ1) is 5.36. The molecular weight excluding hydrogens is 138 g/mol. The molecule has 0 unspecified atom stereocenters. The van der Waals surface area contributed by atoms with Crippen LogP contribution in [0.1, 0.15) is 5.69 Å². The molecular formula is C8H6N3. The predicted octanol–water partition coefficient (Wildman–Crippen LogP) is 1.13. The zero-order valence-corrected chi connectivity index (χ0v) is 6.07. The lowest BCUT2D eigenvalue weighted by atomic mass is 10.4. The largest absolute Gasteiger partial charge is 0.262 e. The topological polar surface area (TPSA) is 38.7 Å². The summed E-state index contributed by atoms with van der Waals surface area (Å²) in [6, 6.07) is 1.84. The lowest BCUT2D eigenvalue weighted by molar-refractivity contribution is 1.16. The number of pyridine rings is 1. The fourth-order valence-electron chi connectivity index (χ4n) is 0.906. The van der Waals surface area contributed by atoms with Crippen LogP contribution in [-0.2, 0) is 0 Å². The minimum Gasteiger partial charge on any atom is -0.262 e. The van der Waals surface area contributed by atoms with E-state index in [0.717, 1.165) is 16.7 Å². The Labute approximate surface area is 64.1 Å². The van der Waals surface area contributed by atoms with Crippen molar-refractivity contribution in [1.29, 1.82) is 0 Å². The Bertz CT molecular complexity index is 384. The zero-order chi connectivity index (χ0) is 7.68. The van der Waals surface area contributed by atoms with Crippen LogP contribution in [0.3, 0.4) is 0 Å². The Kier molecular flexibility index (Phi) is 1.28. The van der Waals surface area contributed by atoms with Crippen molar-refractivity contribution in [3.63, 3.8) is 0 Å². The van der Waals surface area contributed by atoms with E-state index in [1.807, 2.05) is 13.0 Å². The highest BCUT2D eigenvalue weighted by Gasteiger charge is 1.94. The van der Waals surface area contributed by atoms with Crippen molar-refractivity contribution in [2.24, 2.45) is 0 Å². The van der Waals surface area contributed by atoms with Crippen molar-refractivity contribution in [3.8, 4) is 0 Å². The Morgan fingerprint density at radius 2 is 2.27 bits per heavy atom. The molecule has 2 aromatic rings. The van der Waals surface area contributed by atoms with Gasteiger partial charge in [0.1, 0.15) is 11.7 Å². The summed E-state index contributed by atoms with van der Waals surface area (Å²) in [6.45, 7) is 1.87. The molecule has 0 aliphatic carbocycles. The van der Waals surface area contributed by atoms with Gasteiger partial charge in [0.2, 0.25) is 0 Å². The third kappa shape index (κ3) is 1.05. The van der Waals surface area contributed by atoms with E-state index in [1.165, 1.54) is 0 Å². The molecule has 0 aliphatic rings. The summed E-state index contributed by atoms with van der Waals surface area (Å²) in [5.74, 6) is 0. The van der Waals surface area contributed by atoms with Gasteiger partial charge in [-0.05, 0) is 13.0 Å². The summed E-state index contributed by atoms with van der Waals surface area (Å²) in [4.78, 5) is 12.2. The molecule has 0 saturated heterocycles. The molecule has 0 bridgehead atoms. The number of aromatic nitrogens is 3. The van der Waals surface area contributed by atoms with Gasteiger partial charge in [0.25, 0.3) is 0 Å². The first-order valence-corrected chi connectivity index (χ1v) is 3.32. The van der Waals surface area contributed by atoms with Gasteiger partial charge in [-0.1, -0.05) is 0 Å². The minimum atomic E-state index is 0.790. The third-order valence-corrected chi connectivity index (χ3v) is 1.40. The number of rotatable bonds is 0. The van der Waals surface area contributed by atoms with Crippen molar-refractivity contribution >= 4 is 11.0 Å². The SMILES string of the molecule is Cc1[c]nc2cnccc2n1. The van der Waals surface area contributed by atoms with Crippen molar-refractivity contribution < 1.29 is 0 Å². The summed E-state index contributed by atoms with van der Waals surface area (Å²) in [7, 11) is 0. The van der Waals surface area contributed by atoms with Gasteiger partial charge in [-0.3, -0.25) is 4.98 Å². The van der Waals surface area contributed by atoms with E-state index in [0.29, 0.717) is 0 Å². The van der Waals surface area contributed by atoms with Crippen LogP contribution >= 0.6 is 0 Å². The van der Waals surface area contributed by atoms with Crippen molar-refractivity contribution in [3.05, 3.63) is 30.4 Å². The molecule has 3 heteroatoms. The summed E-state index contributed by atoms with van der Waals surface area (Å²) in [5.41, 5.74) is 2.47. The third-order valence-electron chi connectivity index (χ3n) is 1.40. The molecule has 3 nitrogen and oxygen atoms in total. The molecule has 0 saturated carbocycles. The molecule has 0 fully saturated rings. The molecule has 2 aromatic heterocycles. The number of hydrogen-bond acceptors (Lipinski definition) is 3. The van der Waals surface area contributed by atoms with Crippen molar-refractivity contribution in [1.82, 2.24) is 15.0 Å². The van der Waals surface area contributed by atoms with Gasteiger partial charge < -0.3 is 0 Å². The Balaban J connectivity index is 2.83. The lowest BCUT2D eigenvalue weighted by Crippen LogP contribution is -1.87. The normalized spacial score (nSPS) is 10.3. The van der Waals surface area contributed by atoms with Crippen LogP contribution in [0.25, 0.3) is 11.0 Å². The minimum absolute atomic E-state index is 0.790. The zero-order valence-electron chi connectivity index (χ0n) is 6.07. The summed E-state index contributed by atoms with van der Waals surface area (Å²) in [5, 5.41) is 0. The van der Waals surface area contributed by atoms with Gasteiger partial charge >= 0.3 is 0 Å². The van der Waals surface area contributed by atoms with Crippen LogP contribution in [-0.4, -0.2) is 15.0 Å².